The number of rotatable bonds is 0. The number of aromatic nitrogens is 2. The van der Waals surface area contributed by atoms with Crippen LogP contribution in [0, 0.1) is 6.92 Å². The molecule has 1 saturated carbocycles. The summed E-state index contributed by atoms with van der Waals surface area (Å²) in [6, 6.07) is 7.30. The molecule has 0 radical (unpaired) electrons. The van der Waals surface area contributed by atoms with Gasteiger partial charge in [0.25, 0.3) is 0 Å². The van der Waals surface area contributed by atoms with Gasteiger partial charge < -0.3 is 4.57 Å². The van der Waals surface area contributed by atoms with E-state index in [9.17, 15) is 0 Å². The summed E-state index contributed by atoms with van der Waals surface area (Å²) in [6.45, 7) is 6.08. The third kappa shape index (κ3) is 1.95. The zero-order valence-electron chi connectivity index (χ0n) is 11.7. The standard InChI is InChI=1S/C14H13BrN2.C2H6/c1-8-7-17-11-4-9(5-11)12-3-2-10(15)6-13(12)14(17)16-8;1-2/h2-3,6-7,9,11H,4-5H2,1H3;1-2H3. The van der Waals surface area contributed by atoms with Crippen LogP contribution in [-0.4, -0.2) is 9.55 Å². The molecule has 0 saturated heterocycles. The monoisotopic (exact) mass is 318 g/mol. The van der Waals surface area contributed by atoms with E-state index in [0.29, 0.717) is 6.04 Å². The van der Waals surface area contributed by atoms with E-state index in [0.717, 1.165) is 21.9 Å². The van der Waals surface area contributed by atoms with Gasteiger partial charge in [-0.3, -0.25) is 0 Å². The molecule has 0 unspecified atom stereocenters. The van der Waals surface area contributed by atoms with Crippen molar-refractivity contribution < 1.29 is 0 Å². The molecule has 2 nitrogen and oxygen atoms in total. The van der Waals surface area contributed by atoms with Crippen molar-refractivity contribution in [1.29, 1.82) is 0 Å². The van der Waals surface area contributed by atoms with Crippen molar-refractivity contribution in [2.75, 3.05) is 0 Å². The van der Waals surface area contributed by atoms with Crippen molar-refractivity contribution >= 4 is 15.9 Å². The Morgan fingerprint density at radius 3 is 2.74 bits per heavy atom. The molecule has 3 aliphatic rings. The van der Waals surface area contributed by atoms with E-state index in [4.69, 9.17) is 4.98 Å². The Morgan fingerprint density at radius 2 is 2.00 bits per heavy atom. The second-order valence-corrected chi connectivity index (χ2v) is 6.08. The van der Waals surface area contributed by atoms with E-state index in [1.165, 1.54) is 24.0 Å². The van der Waals surface area contributed by atoms with Crippen molar-refractivity contribution in [3.63, 3.8) is 0 Å². The quantitative estimate of drug-likeness (QED) is 0.662. The number of imidazole rings is 1. The first kappa shape index (κ1) is 12.9. The molecular formula is C16H19BrN2. The van der Waals surface area contributed by atoms with Gasteiger partial charge in [-0.2, -0.15) is 0 Å². The van der Waals surface area contributed by atoms with Crippen LogP contribution in [0.25, 0.3) is 11.4 Å². The molecule has 2 aliphatic heterocycles. The minimum absolute atomic E-state index is 0.669. The summed E-state index contributed by atoms with van der Waals surface area (Å²) in [4.78, 5) is 4.71. The first-order valence-electron chi connectivity index (χ1n) is 7.07. The molecule has 3 heteroatoms. The smallest absolute Gasteiger partial charge is 0.140 e. The summed E-state index contributed by atoms with van der Waals surface area (Å²) in [5.74, 6) is 1.90. The SMILES string of the molecule is CC.Cc1cn2c(n1)-c1cc(Br)ccc1C1CC2C1. The Balaban J connectivity index is 0.000000528. The molecule has 2 bridgehead atoms. The van der Waals surface area contributed by atoms with Crippen LogP contribution in [0.4, 0.5) is 0 Å². The Morgan fingerprint density at radius 1 is 1.26 bits per heavy atom. The average molecular weight is 319 g/mol. The second-order valence-electron chi connectivity index (χ2n) is 5.17. The highest BCUT2D eigenvalue weighted by molar-refractivity contribution is 9.10. The van der Waals surface area contributed by atoms with Crippen molar-refractivity contribution in [3.8, 4) is 11.4 Å². The van der Waals surface area contributed by atoms with Gasteiger partial charge in [0.15, 0.2) is 0 Å². The van der Waals surface area contributed by atoms with E-state index in [2.05, 4.69) is 51.8 Å². The predicted octanol–water partition coefficient (Wildman–Crippen LogP) is 5.08. The normalized spacial score (nSPS) is 22.3. The van der Waals surface area contributed by atoms with Gasteiger partial charge in [-0.15, -0.1) is 0 Å². The number of aryl methyl sites for hydroxylation is 1. The summed E-state index contributed by atoms with van der Waals surface area (Å²) >= 11 is 3.57. The van der Waals surface area contributed by atoms with Crippen LogP contribution in [0.3, 0.4) is 0 Å². The fourth-order valence-corrected chi connectivity index (χ4v) is 3.50. The van der Waals surface area contributed by atoms with E-state index >= 15 is 0 Å². The molecule has 0 N–H and O–H groups in total. The maximum Gasteiger partial charge on any atom is 0.140 e. The van der Waals surface area contributed by atoms with E-state index in [1.807, 2.05) is 13.8 Å². The Bertz CT molecular complexity index is 609. The summed E-state index contributed by atoms with van der Waals surface area (Å²) in [6.07, 6.45) is 4.75. The van der Waals surface area contributed by atoms with Crippen molar-refractivity contribution in [2.45, 2.75) is 45.6 Å². The fourth-order valence-electron chi connectivity index (χ4n) is 3.14. The third-order valence-electron chi connectivity index (χ3n) is 4.06. The number of hydrogen-bond donors (Lipinski definition) is 0. The first-order chi connectivity index (χ1) is 9.22. The van der Waals surface area contributed by atoms with Crippen LogP contribution >= 0.6 is 15.9 Å². The van der Waals surface area contributed by atoms with Crippen LogP contribution in [0.15, 0.2) is 28.9 Å². The van der Waals surface area contributed by atoms with Gasteiger partial charge >= 0.3 is 0 Å². The topological polar surface area (TPSA) is 17.8 Å². The van der Waals surface area contributed by atoms with Gasteiger partial charge in [-0.1, -0.05) is 35.8 Å². The number of benzene rings is 1. The van der Waals surface area contributed by atoms with Crippen molar-refractivity contribution in [2.24, 2.45) is 0 Å². The zero-order chi connectivity index (χ0) is 13.6. The lowest BCUT2D eigenvalue weighted by atomic mass is 9.76. The minimum Gasteiger partial charge on any atom is -0.328 e. The maximum absolute atomic E-state index is 4.71. The van der Waals surface area contributed by atoms with Crippen LogP contribution in [0.1, 0.15) is 49.9 Å². The summed E-state index contributed by atoms with van der Waals surface area (Å²) < 4.78 is 3.52. The minimum atomic E-state index is 0.669. The molecule has 2 aromatic rings. The molecule has 0 amide bonds. The molecule has 1 aliphatic carbocycles. The first-order valence-corrected chi connectivity index (χ1v) is 7.87. The number of nitrogens with zero attached hydrogens (tertiary/aromatic N) is 2. The Hall–Kier alpha value is -1.09. The molecular weight excluding hydrogens is 300 g/mol. The lowest BCUT2D eigenvalue weighted by Gasteiger charge is -2.34. The summed E-state index contributed by atoms with van der Waals surface area (Å²) in [7, 11) is 0. The van der Waals surface area contributed by atoms with Crippen molar-refractivity contribution in [3.05, 3.63) is 40.1 Å². The average Bonchev–Trinajstić information content (AvgIpc) is 2.64. The molecule has 1 aromatic carbocycles. The number of halogens is 1. The van der Waals surface area contributed by atoms with Gasteiger partial charge in [0.2, 0.25) is 0 Å². The summed E-state index contributed by atoms with van der Waals surface area (Å²) in [5.41, 5.74) is 3.92. The molecule has 100 valence electrons. The second kappa shape index (κ2) is 4.78. The van der Waals surface area contributed by atoms with Gasteiger partial charge in [-0.05, 0) is 43.4 Å². The zero-order valence-corrected chi connectivity index (χ0v) is 13.2. The van der Waals surface area contributed by atoms with Crippen LogP contribution in [-0.2, 0) is 0 Å². The van der Waals surface area contributed by atoms with Crippen LogP contribution in [0.5, 0.6) is 0 Å². The highest BCUT2D eigenvalue weighted by Gasteiger charge is 2.38. The Kier molecular flexibility index (Phi) is 3.25. The molecule has 0 atom stereocenters. The molecule has 1 aromatic heterocycles. The molecule has 3 heterocycles. The van der Waals surface area contributed by atoms with Crippen molar-refractivity contribution in [1.82, 2.24) is 9.55 Å². The Labute approximate surface area is 123 Å². The van der Waals surface area contributed by atoms with Gasteiger partial charge in [0.1, 0.15) is 5.82 Å². The fraction of sp³-hybridized carbons (Fsp3) is 0.438. The summed E-state index contributed by atoms with van der Waals surface area (Å²) in [5, 5.41) is 0. The lowest BCUT2D eigenvalue weighted by molar-refractivity contribution is 0.274. The van der Waals surface area contributed by atoms with Gasteiger partial charge in [-0.25, -0.2) is 4.98 Å². The molecule has 0 spiro atoms. The predicted molar refractivity (Wildman–Crippen MR) is 82.5 cm³/mol. The van der Waals surface area contributed by atoms with Crippen LogP contribution < -0.4 is 0 Å². The van der Waals surface area contributed by atoms with Gasteiger partial charge in [0.05, 0.1) is 5.69 Å². The highest BCUT2D eigenvalue weighted by atomic mass is 79.9. The van der Waals surface area contributed by atoms with E-state index in [-0.39, 0.29) is 0 Å². The van der Waals surface area contributed by atoms with E-state index < -0.39 is 0 Å². The maximum atomic E-state index is 4.71. The van der Waals surface area contributed by atoms with Crippen LogP contribution in [0.2, 0.25) is 0 Å². The molecule has 19 heavy (non-hydrogen) atoms. The van der Waals surface area contributed by atoms with E-state index in [1.54, 1.807) is 0 Å². The third-order valence-corrected chi connectivity index (χ3v) is 4.55. The highest BCUT2D eigenvalue weighted by Crippen LogP contribution is 2.52. The lowest BCUT2D eigenvalue weighted by Crippen LogP contribution is -2.22. The molecule has 1 fully saturated rings. The molecule has 5 rings (SSSR count). The number of hydrogen-bond acceptors (Lipinski definition) is 1. The van der Waals surface area contributed by atoms with Gasteiger partial charge in [0, 0.05) is 22.3 Å². The largest absolute Gasteiger partial charge is 0.328 e.